The molecule has 1 aromatic heterocycles. The zero-order valence-electron chi connectivity index (χ0n) is 20.3. The minimum atomic E-state index is -0.739. The van der Waals surface area contributed by atoms with Crippen molar-refractivity contribution in [1.29, 1.82) is 0 Å². The van der Waals surface area contributed by atoms with Crippen molar-refractivity contribution in [2.45, 2.75) is 38.9 Å². The number of fused-ring (bicyclic) bond motifs is 4. The molecule has 2 N–H and O–H groups in total. The number of rotatable bonds is 7. The van der Waals surface area contributed by atoms with Gasteiger partial charge in [0.1, 0.15) is 6.04 Å². The van der Waals surface area contributed by atoms with Crippen LogP contribution in [0, 0.1) is 0 Å². The van der Waals surface area contributed by atoms with Crippen LogP contribution in [0.1, 0.15) is 25.3 Å². The number of amides is 4. The summed E-state index contributed by atoms with van der Waals surface area (Å²) in [7, 11) is 0. The standard InChI is InChI=1S/C28H26N4O5/c1-2-31-22-6-4-3-5-19(22)20-14-18(8-10-23(20)31)29-26(33)12-9-21-27(34)32(28(35)30-21)15-17-7-11-24-25(13-17)37-16-36-24/h3-8,10-11,13-14,21H,2,9,12,15-16H2,1H3,(H,29,33)(H,30,35). The van der Waals surface area contributed by atoms with E-state index in [2.05, 4.69) is 34.3 Å². The second-order valence-corrected chi connectivity index (χ2v) is 9.19. The first-order valence-electron chi connectivity index (χ1n) is 12.3. The fourth-order valence-corrected chi connectivity index (χ4v) is 5.12. The minimum absolute atomic E-state index is 0.101. The average Bonchev–Trinajstić information content (AvgIpc) is 3.57. The van der Waals surface area contributed by atoms with Crippen LogP contribution in [0.4, 0.5) is 10.5 Å². The lowest BCUT2D eigenvalue weighted by atomic mass is 10.1. The van der Waals surface area contributed by atoms with Gasteiger partial charge in [-0.15, -0.1) is 0 Å². The van der Waals surface area contributed by atoms with Crippen LogP contribution >= 0.6 is 0 Å². The number of benzene rings is 3. The third-order valence-electron chi connectivity index (χ3n) is 6.92. The number of nitrogens with one attached hydrogen (secondary N) is 2. The van der Waals surface area contributed by atoms with Gasteiger partial charge in [0.05, 0.1) is 6.54 Å². The topological polar surface area (TPSA) is 102 Å². The summed E-state index contributed by atoms with van der Waals surface area (Å²) in [5, 5.41) is 7.85. The van der Waals surface area contributed by atoms with Crippen molar-refractivity contribution in [1.82, 2.24) is 14.8 Å². The van der Waals surface area contributed by atoms with Gasteiger partial charge in [-0.25, -0.2) is 4.79 Å². The molecule has 0 spiro atoms. The highest BCUT2D eigenvalue weighted by molar-refractivity contribution is 6.10. The zero-order chi connectivity index (χ0) is 25.5. The zero-order valence-corrected chi connectivity index (χ0v) is 20.3. The van der Waals surface area contributed by atoms with Gasteiger partial charge in [-0.2, -0.15) is 0 Å². The summed E-state index contributed by atoms with van der Waals surface area (Å²) in [6.45, 7) is 3.24. The maximum Gasteiger partial charge on any atom is 0.325 e. The molecular formula is C28H26N4O5. The molecule has 9 nitrogen and oxygen atoms in total. The molecule has 3 aromatic carbocycles. The second kappa shape index (κ2) is 9.16. The lowest BCUT2D eigenvalue weighted by molar-refractivity contribution is -0.128. The Kier molecular flexibility index (Phi) is 5.67. The molecule has 0 aliphatic carbocycles. The lowest BCUT2D eigenvalue weighted by Crippen LogP contribution is -2.31. The Morgan fingerprint density at radius 1 is 1.00 bits per heavy atom. The van der Waals surface area contributed by atoms with Gasteiger partial charge in [-0.05, 0) is 55.3 Å². The van der Waals surface area contributed by atoms with Gasteiger partial charge in [0.15, 0.2) is 11.5 Å². The highest BCUT2D eigenvalue weighted by Crippen LogP contribution is 2.33. The number of aryl methyl sites for hydroxylation is 1. The van der Waals surface area contributed by atoms with Crippen LogP contribution in [-0.4, -0.2) is 40.1 Å². The van der Waals surface area contributed by atoms with Crippen molar-refractivity contribution in [2.24, 2.45) is 0 Å². The van der Waals surface area contributed by atoms with E-state index in [4.69, 9.17) is 9.47 Å². The molecule has 188 valence electrons. The number of carbonyl (C=O) groups excluding carboxylic acids is 3. The predicted molar refractivity (Wildman–Crippen MR) is 138 cm³/mol. The number of aromatic nitrogens is 1. The van der Waals surface area contributed by atoms with Gasteiger partial charge >= 0.3 is 6.03 Å². The molecule has 0 radical (unpaired) electrons. The molecule has 2 aliphatic heterocycles. The van der Waals surface area contributed by atoms with Crippen LogP contribution in [0.2, 0.25) is 0 Å². The van der Waals surface area contributed by atoms with E-state index >= 15 is 0 Å². The molecule has 2 aliphatic rings. The van der Waals surface area contributed by atoms with Crippen molar-refractivity contribution in [3.8, 4) is 11.5 Å². The van der Waals surface area contributed by atoms with Crippen molar-refractivity contribution >= 4 is 45.3 Å². The van der Waals surface area contributed by atoms with Crippen LogP contribution in [0.5, 0.6) is 11.5 Å². The van der Waals surface area contributed by atoms with Crippen LogP contribution in [0.3, 0.4) is 0 Å². The fraction of sp³-hybridized carbons (Fsp3) is 0.250. The Balaban J connectivity index is 1.09. The molecule has 4 aromatic rings. The molecule has 6 rings (SSSR count). The van der Waals surface area contributed by atoms with E-state index in [1.807, 2.05) is 30.3 Å². The van der Waals surface area contributed by atoms with Gasteiger partial charge in [0.25, 0.3) is 5.91 Å². The van der Waals surface area contributed by atoms with E-state index in [0.717, 1.165) is 38.8 Å². The van der Waals surface area contributed by atoms with Gasteiger partial charge in [-0.1, -0.05) is 24.3 Å². The molecule has 0 saturated carbocycles. The molecule has 1 unspecified atom stereocenters. The summed E-state index contributed by atoms with van der Waals surface area (Å²) in [6, 6.07) is 18.2. The molecule has 1 saturated heterocycles. The number of hydrogen-bond acceptors (Lipinski definition) is 5. The largest absolute Gasteiger partial charge is 0.454 e. The Bertz CT molecular complexity index is 1560. The first-order valence-corrected chi connectivity index (χ1v) is 12.3. The second-order valence-electron chi connectivity index (χ2n) is 9.19. The van der Waals surface area contributed by atoms with Crippen molar-refractivity contribution in [3.63, 3.8) is 0 Å². The molecule has 9 heteroatoms. The van der Waals surface area contributed by atoms with E-state index in [1.54, 1.807) is 18.2 Å². The molecule has 1 fully saturated rings. The molecule has 4 amide bonds. The van der Waals surface area contributed by atoms with Gasteiger partial charge in [-0.3, -0.25) is 14.5 Å². The minimum Gasteiger partial charge on any atom is -0.454 e. The van der Waals surface area contributed by atoms with Crippen molar-refractivity contribution in [2.75, 3.05) is 12.1 Å². The first kappa shape index (κ1) is 22.9. The summed E-state index contributed by atoms with van der Waals surface area (Å²) < 4.78 is 12.9. The Morgan fingerprint density at radius 2 is 1.81 bits per heavy atom. The monoisotopic (exact) mass is 498 g/mol. The molecule has 0 bridgehead atoms. The number of urea groups is 1. The molecule has 3 heterocycles. The maximum atomic E-state index is 12.9. The smallest absolute Gasteiger partial charge is 0.325 e. The number of hydrogen-bond donors (Lipinski definition) is 2. The number of ether oxygens (including phenoxy) is 2. The summed E-state index contributed by atoms with van der Waals surface area (Å²) in [6.07, 6.45) is 0.314. The predicted octanol–water partition coefficient (Wildman–Crippen LogP) is 4.38. The number of carbonyl (C=O) groups is 3. The Labute approximate surface area is 212 Å². The maximum absolute atomic E-state index is 12.9. The highest BCUT2D eigenvalue weighted by atomic mass is 16.7. The van der Waals surface area contributed by atoms with Crippen LogP contribution in [-0.2, 0) is 22.7 Å². The fourth-order valence-electron chi connectivity index (χ4n) is 5.12. The van der Waals surface area contributed by atoms with Gasteiger partial charge in [0, 0.05) is 40.5 Å². The number of para-hydroxylation sites is 1. The van der Waals surface area contributed by atoms with Gasteiger partial charge < -0.3 is 24.7 Å². The highest BCUT2D eigenvalue weighted by Gasteiger charge is 2.38. The summed E-state index contributed by atoms with van der Waals surface area (Å²) in [5.74, 6) is 0.675. The quantitative estimate of drug-likeness (QED) is 0.368. The third kappa shape index (κ3) is 4.12. The molecular weight excluding hydrogens is 472 g/mol. The van der Waals surface area contributed by atoms with Crippen molar-refractivity contribution < 1.29 is 23.9 Å². The van der Waals surface area contributed by atoms with Gasteiger partial charge in [0.2, 0.25) is 12.7 Å². The Hall–Kier alpha value is -4.53. The number of nitrogens with zero attached hydrogens (tertiary/aromatic N) is 2. The normalized spacial score (nSPS) is 16.6. The van der Waals surface area contributed by atoms with Crippen LogP contribution in [0.25, 0.3) is 21.8 Å². The van der Waals surface area contributed by atoms with E-state index in [-0.39, 0.29) is 38.0 Å². The molecule has 37 heavy (non-hydrogen) atoms. The van der Waals surface area contributed by atoms with E-state index in [1.165, 1.54) is 0 Å². The lowest BCUT2D eigenvalue weighted by Gasteiger charge is -2.13. The van der Waals surface area contributed by atoms with E-state index in [9.17, 15) is 14.4 Å². The van der Waals surface area contributed by atoms with Crippen LogP contribution < -0.4 is 20.1 Å². The first-order chi connectivity index (χ1) is 18.0. The Morgan fingerprint density at radius 3 is 2.68 bits per heavy atom. The third-order valence-corrected chi connectivity index (χ3v) is 6.92. The van der Waals surface area contributed by atoms with E-state index in [0.29, 0.717) is 17.2 Å². The SMILES string of the molecule is CCn1c2ccccc2c2cc(NC(=O)CCC3NC(=O)N(Cc4ccc5c(c4)OCO5)C3=O)ccc21. The van der Waals surface area contributed by atoms with Crippen LogP contribution in [0.15, 0.2) is 60.7 Å². The number of imide groups is 1. The van der Waals surface area contributed by atoms with Crippen molar-refractivity contribution in [3.05, 3.63) is 66.2 Å². The van der Waals surface area contributed by atoms with E-state index < -0.39 is 12.1 Å². The molecule has 1 atom stereocenters. The summed E-state index contributed by atoms with van der Waals surface area (Å²) >= 11 is 0. The summed E-state index contributed by atoms with van der Waals surface area (Å²) in [5.41, 5.74) is 3.72. The summed E-state index contributed by atoms with van der Waals surface area (Å²) in [4.78, 5) is 39.2. The average molecular weight is 499 g/mol. The number of anilines is 1.